The van der Waals surface area contributed by atoms with Crippen LogP contribution in [0.1, 0.15) is 5.82 Å². The van der Waals surface area contributed by atoms with Crippen LogP contribution in [-0.4, -0.2) is 30.7 Å². The third-order valence-corrected chi connectivity index (χ3v) is 2.59. The predicted molar refractivity (Wildman–Crippen MR) is 61.3 cm³/mol. The van der Waals surface area contributed by atoms with Crippen LogP contribution in [0.5, 0.6) is 0 Å². The Morgan fingerprint density at radius 2 is 1.84 bits per heavy atom. The number of anilines is 2. The Kier molecular flexibility index (Phi) is 4.49. The van der Waals surface area contributed by atoms with Crippen LogP contribution in [0.4, 0.5) is 24.8 Å². The molecule has 0 atom stereocenters. The van der Waals surface area contributed by atoms with E-state index in [1.54, 1.807) is 0 Å². The highest BCUT2D eigenvalue weighted by Gasteiger charge is 2.35. The second-order valence-electron chi connectivity index (χ2n) is 3.40. The minimum absolute atomic E-state index is 0.197. The van der Waals surface area contributed by atoms with Gasteiger partial charge in [-0.05, 0) is 0 Å². The monoisotopic (exact) mass is 300 g/mol. The molecule has 108 valence electrons. The van der Waals surface area contributed by atoms with E-state index in [1.807, 2.05) is 5.43 Å². The van der Waals surface area contributed by atoms with Crippen molar-refractivity contribution in [3.8, 4) is 0 Å². The molecule has 0 saturated heterocycles. The van der Waals surface area contributed by atoms with E-state index in [-0.39, 0.29) is 18.2 Å². The smallest absolute Gasteiger partial charge is 0.369 e. The summed E-state index contributed by atoms with van der Waals surface area (Å²) >= 11 is 0. The number of nitrogens with one attached hydrogen (secondary N) is 2. The van der Waals surface area contributed by atoms with Crippen LogP contribution >= 0.6 is 0 Å². The molecule has 19 heavy (non-hydrogen) atoms. The highest BCUT2D eigenvalue weighted by Crippen LogP contribution is 2.28. The zero-order valence-electron chi connectivity index (χ0n) is 9.40. The molecule has 1 aromatic heterocycles. The number of nitrogen functional groups attached to an aromatic ring is 1. The van der Waals surface area contributed by atoms with Crippen LogP contribution in [0.15, 0.2) is 6.07 Å². The highest BCUT2D eigenvalue weighted by molar-refractivity contribution is 7.89. The van der Waals surface area contributed by atoms with Gasteiger partial charge in [0.05, 0.1) is 5.75 Å². The Hall–Kier alpha value is -1.66. The fourth-order valence-electron chi connectivity index (χ4n) is 1.06. The van der Waals surface area contributed by atoms with Crippen LogP contribution in [0, 0.1) is 0 Å². The Morgan fingerprint density at radius 1 is 1.26 bits per heavy atom. The zero-order chi connectivity index (χ0) is 14.7. The fourth-order valence-corrected chi connectivity index (χ4v) is 1.45. The van der Waals surface area contributed by atoms with E-state index in [1.165, 1.54) is 0 Å². The zero-order valence-corrected chi connectivity index (χ0v) is 10.2. The quantitative estimate of drug-likeness (QED) is 0.424. The number of hydrogen-bond acceptors (Lipinski definition) is 7. The molecule has 0 bridgehead atoms. The van der Waals surface area contributed by atoms with Crippen molar-refractivity contribution in [2.24, 2.45) is 11.0 Å². The maximum Gasteiger partial charge on any atom is 0.451 e. The van der Waals surface area contributed by atoms with E-state index in [4.69, 9.17) is 11.0 Å². The van der Waals surface area contributed by atoms with Gasteiger partial charge in [-0.15, -0.1) is 0 Å². The van der Waals surface area contributed by atoms with Crippen LogP contribution in [-0.2, 0) is 16.2 Å². The largest absolute Gasteiger partial charge is 0.451 e. The first-order valence-corrected chi connectivity index (χ1v) is 6.50. The Labute approximate surface area is 106 Å². The maximum absolute atomic E-state index is 12.5. The summed E-state index contributed by atoms with van der Waals surface area (Å²) in [5.41, 5.74) is 1.95. The molecular formula is C7H11F3N6O2S. The molecule has 0 radical (unpaired) electrons. The number of sulfonamides is 1. The van der Waals surface area contributed by atoms with Gasteiger partial charge in [-0.1, -0.05) is 0 Å². The molecule has 6 N–H and O–H groups in total. The molecule has 0 amide bonds. The molecule has 0 saturated carbocycles. The van der Waals surface area contributed by atoms with E-state index in [9.17, 15) is 21.6 Å². The number of alkyl halides is 3. The third kappa shape index (κ3) is 5.23. The molecule has 0 aliphatic rings. The van der Waals surface area contributed by atoms with E-state index in [2.05, 4.69) is 15.3 Å². The lowest BCUT2D eigenvalue weighted by Crippen LogP contribution is -2.23. The molecular weight excluding hydrogens is 289 g/mol. The van der Waals surface area contributed by atoms with Crippen LogP contribution in [0.2, 0.25) is 0 Å². The summed E-state index contributed by atoms with van der Waals surface area (Å²) in [5, 5.41) is 7.12. The molecule has 0 spiro atoms. The molecule has 0 aliphatic heterocycles. The van der Waals surface area contributed by atoms with Gasteiger partial charge in [0, 0.05) is 12.6 Å². The average molecular weight is 300 g/mol. The summed E-state index contributed by atoms with van der Waals surface area (Å²) in [6, 6.07) is 1.10. The van der Waals surface area contributed by atoms with Gasteiger partial charge in [-0.3, -0.25) is 0 Å². The van der Waals surface area contributed by atoms with E-state index < -0.39 is 27.8 Å². The summed E-state index contributed by atoms with van der Waals surface area (Å²) in [6.07, 6.45) is -4.75. The Morgan fingerprint density at radius 3 is 2.32 bits per heavy atom. The second-order valence-corrected chi connectivity index (χ2v) is 5.13. The predicted octanol–water partition coefficient (Wildman–Crippen LogP) is -0.519. The van der Waals surface area contributed by atoms with Gasteiger partial charge in [0.2, 0.25) is 15.8 Å². The first-order chi connectivity index (χ1) is 8.62. The molecule has 12 heteroatoms. The van der Waals surface area contributed by atoms with Gasteiger partial charge in [-0.2, -0.15) is 13.2 Å². The van der Waals surface area contributed by atoms with Crippen molar-refractivity contribution in [3.63, 3.8) is 0 Å². The fraction of sp³-hybridized carbons (Fsp3) is 0.429. The van der Waals surface area contributed by atoms with Crippen LogP contribution < -0.4 is 21.7 Å². The number of hydrazine groups is 1. The van der Waals surface area contributed by atoms with Crippen molar-refractivity contribution < 1.29 is 21.6 Å². The van der Waals surface area contributed by atoms with Gasteiger partial charge in [0.15, 0.2) is 0 Å². The van der Waals surface area contributed by atoms with Crippen molar-refractivity contribution >= 4 is 21.7 Å². The van der Waals surface area contributed by atoms with Gasteiger partial charge < -0.3 is 10.7 Å². The second kappa shape index (κ2) is 5.54. The third-order valence-electron chi connectivity index (χ3n) is 1.82. The summed E-state index contributed by atoms with van der Waals surface area (Å²) < 4.78 is 58.7. The normalized spacial score (nSPS) is 12.3. The Balaban J connectivity index is 2.89. The first-order valence-electron chi connectivity index (χ1n) is 4.79. The van der Waals surface area contributed by atoms with E-state index >= 15 is 0 Å². The molecule has 1 rings (SSSR count). The topological polar surface area (TPSA) is 136 Å². The molecule has 0 aliphatic carbocycles. The van der Waals surface area contributed by atoms with Crippen LogP contribution in [0.25, 0.3) is 0 Å². The minimum Gasteiger partial charge on any atom is -0.369 e. The van der Waals surface area contributed by atoms with Gasteiger partial charge in [-0.25, -0.2) is 29.4 Å². The lowest BCUT2D eigenvalue weighted by atomic mass is 10.4. The van der Waals surface area contributed by atoms with E-state index in [0.717, 1.165) is 6.07 Å². The van der Waals surface area contributed by atoms with Crippen molar-refractivity contribution in [2.45, 2.75) is 6.18 Å². The SMILES string of the molecule is NNc1cc(NCCS(N)(=O)=O)nc(C(F)(F)F)n1. The standard InChI is InChI=1S/C7H11F3N6O2S/c8-7(9,10)6-14-4(3-5(15-6)16-11)13-1-2-19(12,17)18/h3H,1-2,11H2,(H2,12,17,18)(H2,13,14,15,16). The molecule has 1 heterocycles. The molecule has 8 nitrogen and oxygen atoms in total. The summed E-state index contributed by atoms with van der Waals surface area (Å²) in [4.78, 5) is 6.32. The lowest BCUT2D eigenvalue weighted by Gasteiger charge is -2.10. The van der Waals surface area contributed by atoms with Crippen molar-refractivity contribution in [1.82, 2.24) is 9.97 Å². The first kappa shape index (κ1) is 15.4. The van der Waals surface area contributed by atoms with Crippen molar-refractivity contribution in [3.05, 3.63) is 11.9 Å². The number of halogens is 3. The molecule has 1 aromatic rings. The van der Waals surface area contributed by atoms with Crippen molar-refractivity contribution in [1.29, 1.82) is 0 Å². The van der Waals surface area contributed by atoms with Gasteiger partial charge in [0.1, 0.15) is 11.6 Å². The van der Waals surface area contributed by atoms with E-state index in [0.29, 0.717) is 0 Å². The van der Waals surface area contributed by atoms with Gasteiger partial charge in [0.25, 0.3) is 0 Å². The number of aromatic nitrogens is 2. The number of nitrogens with two attached hydrogens (primary N) is 2. The lowest BCUT2D eigenvalue weighted by molar-refractivity contribution is -0.144. The summed E-state index contributed by atoms with van der Waals surface area (Å²) in [7, 11) is -3.72. The molecule has 0 unspecified atom stereocenters. The summed E-state index contributed by atoms with van der Waals surface area (Å²) in [6.45, 7) is -0.197. The number of primary sulfonamides is 1. The molecule has 0 aromatic carbocycles. The minimum atomic E-state index is -4.75. The Bertz CT molecular complexity index is 546. The number of rotatable bonds is 5. The molecule has 0 fully saturated rings. The summed E-state index contributed by atoms with van der Waals surface area (Å²) in [5.74, 6) is 2.63. The highest BCUT2D eigenvalue weighted by atomic mass is 32.2. The number of hydrogen-bond donors (Lipinski definition) is 4. The maximum atomic E-state index is 12.5. The van der Waals surface area contributed by atoms with Crippen LogP contribution in [0.3, 0.4) is 0 Å². The van der Waals surface area contributed by atoms with Crippen molar-refractivity contribution in [2.75, 3.05) is 23.0 Å². The number of nitrogens with zero attached hydrogens (tertiary/aromatic N) is 2. The van der Waals surface area contributed by atoms with Gasteiger partial charge >= 0.3 is 6.18 Å². The average Bonchev–Trinajstić information content (AvgIpc) is 2.25.